The highest BCUT2D eigenvalue weighted by atomic mass is 19.1. The van der Waals surface area contributed by atoms with Crippen LogP contribution in [-0.4, -0.2) is 53.0 Å². The van der Waals surface area contributed by atoms with E-state index in [-0.39, 0.29) is 35.0 Å². The Balaban J connectivity index is 1.73. The highest BCUT2D eigenvalue weighted by Crippen LogP contribution is 2.37. The van der Waals surface area contributed by atoms with Gasteiger partial charge in [0.25, 0.3) is 0 Å². The molecular formula is C19H16FN5O4. The predicted octanol–water partition coefficient (Wildman–Crippen LogP) is 0.315. The molecule has 1 aromatic carbocycles. The average molecular weight is 397 g/mol. The van der Waals surface area contributed by atoms with Gasteiger partial charge in [0.1, 0.15) is 17.4 Å². The Labute approximate surface area is 163 Å². The second-order valence-corrected chi connectivity index (χ2v) is 6.74. The molecule has 1 fully saturated rings. The van der Waals surface area contributed by atoms with Gasteiger partial charge >= 0.3 is 5.97 Å². The maximum Gasteiger partial charge on any atom is 0.309 e. The Morgan fingerprint density at radius 2 is 1.90 bits per heavy atom. The molecule has 5 N–H and O–H groups in total. The first-order valence-electron chi connectivity index (χ1n) is 8.71. The van der Waals surface area contributed by atoms with Crippen molar-refractivity contribution in [1.29, 1.82) is 0 Å². The van der Waals surface area contributed by atoms with Gasteiger partial charge < -0.3 is 25.6 Å². The second kappa shape index (κ2) is 7.12. The number of nitrogens with zero attached hydrogens (tertiary/aromatic N) is 4. The molecule has 29 heavy (non-hydrogen) atoms. The number of aromatic nitrogens is 4. The molecular weight excluding hydrogens is 381 g/mol. The maximum atomic E-state index is 13.0. The Kier molecular flexibility index (Phi) is 4.62. The molecule has 0 unspecified atom stereocenters. The highest BCUT2D eigenvalue weighted by molar-refractivity contribution is 5.82. The zero-order valence-electron chi connectivity index (χ0n) is 14.9. The fraction of sp³-hybridized carbons (Fsp3) is 0.263. The first-order chi connectivity index (χ1) is 13.8. The third-order valence-corrected chi connectivity index (χ3v) is 4.94. The second-order valence-electron chi connectivity index (χ2n) is 6.74. The molecule has 148 valence electrons. The number of carbonyl (C=O) groups is 1. The molecule has 2 heterocycles. The van der Waals surface area contributed by atoms with E-state index in [9.17, 15) is 24.5 Å². The van der Waals surface area contributed by atoms with Crippen LogP contribution in [-0.2, 0) is 4.79 Å². The number of nitrogens with two attached hydrogens (primary N) is 1. The van der Waals surface area contributed by atoms with Gasteiger partial charge in [-0.2, -0.15) is 0 Å². The number of aliphatic carboxylic acids is 1. The lowest BCUT2D eigenvalue weighted by molar-refractivity contribution is -0.145. The summed E-state index contributed by atoms with van der Waals surface area (Å²) in [6, 6.07) is 4.84. The zero-order valence-corrected chi connectivity index (χ0v) is 14.9. The molecule has 0 aliphatic heterocycles. The van der Waals surface area contributed by atoms with E-state index in [1.54, 1.807) is 0 Å². The van der Waals surface area contributed by atoms with Gasteiger partial charge in [-0.25, -0.2) is 19.3 Å². The molecule has 0 amide bonds. The molecule has 4 atom stereocenters. The summed E-state index contributed by atoms with van der Waals surface area (Å²) in [4.78, 5) is 23.9. The van der Waals surface area contributed by atoms with Gasteiger partial charge in [-0.05, 0) is 36.6 Å². The first kappa shape index (κ1) is 18.8. The molecule has 0 saturated heterocycles. The van der Waals surface area contributed by atoms with Crippen molar-refractivity contribution < 1.29 is 24.5 Å². The monoisotopic (exact) mass is 397 g/mol. The summed E-state index contributed by atoms with van der Waals surface area (Å²) in [5.41, 5.74) is 7.04. The van der Waals surface area contributed by atoms with Crippen LogP contribution in [0.2, 0.25) is 0 Å². The van der Waals surface area contributed by atoms with Crippen LogP contribution in [0.3, 0.4) is 0 Å². The van der Waals surface area contributed by atoms with Crippen molar-refractivity contribution >= 4 is 23.0 Å². The van der Waals surface area contributed by atoms with Gasteiger partial charge in [0, 0.05) is 5.56 Å². The lowest BCUT2D eigenvalue weighted by atomic mass is 10.1. The van der Waals surface area contributed by atoms with Crippen molar-refractivity contribution in [1.82, 2.24) is 19.5 Å². The lowest BCUT2D eigenvalue weighted by Crippen LogP contribution is -2.32. The van der Waals surface area contributed by atoms with E-state index in [2.05, 4.69) is 26.8 Å². The van der Waals surface area contributed by atoms with Gasteiger partial charge in [-0.1, -0.05) is 5.92 Å². The molecule has 3 aromatic rings. The first-order valence-corrected chi connectivity index (χ1v) is 8.71. The smallest absolute Gasteiger partial charge is 0.309 e. The Morgan fingerprint density at radius 3 is 2.55 bits per heavy atom. The molecule has 1 aliphatic carbocycles. The Hall–Kier alpha value is -3.55. The van der Waals surface area contributed by atoms with Crippen molar-refractivity contribution in [2.24, 2.45) is 5.92 Å². The van der Waals surface area contributed by atoms with Crippen LogP contribution in [0.1, 0.15) is 23.9 Å². The Bertz CT molecular complexity index is 1150. The molecule has 10 heteroatoms. The van der Waals surface area contributed by atoms with Gasteiger partial charge in [0.15, 0.2) is 11.5 Å². The van der Waals surface area contributed by atoms with Crippen molar-refractivity contribution in [2.75, 3.05) is 5.73 Å². The normalized spacial score (nSPS) is 23.7. The number of carboxylic acid groups (broad SMARTS) is 1. The summed E-state index contributed by atoms with van der Waals surface area (Å²) >= 11 is 0. The molecule has 2 aromatic heterocycles. The van der Waals surface area contributed by atoms with E-state index < -0.39 is 30.1 Å². The van der Waals surface area contributed by atoms with Crippen molar-refractivity contribution in [3.63, 3.8) is 0 Å². The average Bonchev–Trinajstić information content (AvgIpc) is 3.23. The quantitative estimate of drug-likeness (QED) is 0.452. The number of aliphatic hydroxyl groups is 2. The van der Waals surface area contributed by atoms with Crippen LogP contribution in [0, 0.1) is 23.6 Å². The molecule has 1 aliphatic rings. The number of hydrogen-bond acceptors (Lipinski definition) is 7. The molecule has 9 nitrogen and oxygen atoms in total. The zero-order chi connectivity index (χ0) is 20.7. The fourth-order valence-electron chi connectivity index (χ4n) is 3.43. The van der Waals surface area contributed by atoms with Crippen LogP contribution in [0.4, 0.5) is 10.2 Å². The van der Waals surface area contributed by atoms with E-state index in [0.29, 0.717) is 5.56 Å². The topological polar surface area (TPSA) is 147 Å². The summed E-state index contributed by atoms with van der Waals surface area (Å²) < 4.78 is 14.5. The summed E-state index contributed by atoms with van der Waals surface area (Å²) in [6.07, 6.45) is -1.34. The highest BCUT2D eigenvalue weighted by Gasteiger charge is 2.46. The molecule has 0 bridgehead atoms. The van der Waals surface area contributed by atoms with E-state index in [1.807, 2.05) is 0 Å². The minimum absolute atomic E-state index is 0.00360. The fourth-order valence-corrected chi connectivity index (χ4v) is 3.43. The van der Waals surface area contributed by atoms with Crippen molar-refractivity contribution in [3.05, 3.63) is 47.8 Å². The molecule has 4 rings (SSSR count). The van der Waals surface area contributed by atoms with Crippen molar-refractivity contribution in [2.45, 2.75) is 24.7 Å². The summed E-state index contributed by atoms with van der Waals surface area (Å²) in [6.45, 7) is 0. The SMILES string of the molecule is Nc1nc(C#Cc2ccc(F)cc2)nc2c1ncn2[C@@H]1C[C@H](C(=O)O)[C@@H](O)[C@H]1O. The minimum Gasteiger partial charge on any atom is -0.481 e. The third-order valence-electron chi connectivity index (χ3n) is 4.94. The number of anilines is 1. The Morgan fingerprint density at radius 1 is 1.17 bits per heavy atom. The summed E-state index contributed by atoms with van der Waals surface area (Å²) in [5.74, 6) is 3.03. The number of fused-ring (bicyclic) bond motifs is 1. The summed E-state index contributed by atoms with van der Waals surface area (Å²) in [5, 5.41) is 29.6. The van der Waals surface area contributed by atoms with Crippen LogP contribution < -0.4 is 5.73 Å². The molecule has 0 spiro atoms. The van der Waals surface area contributed by atoms with Crippen molar-refractivity contribution in [3.8, 4) is 11.8 Å². The maximum absolute atomic E-state index is 13.0. The predicted molar refractivity (Wildman–Crippen MR) is 98.9 cm³/mol. The number of aliphatic hydroxyl groups excluding tert-OH is 2. The largest absolute Gasteiger partial charge is 0.481 e. The number of benzene rings is 1. The van der Waals surface area contributed by atoms with E-state index >= 15 is 0 Å². The van der Waals surface area contributed by atoms with Gasteiger partial charge in [0.05, 0.1) is 24.4 Å². The van der Waals surface area contributed by atoms with Crippen LogP contribution >= 0.6 is 0 Å². The summed E-state index contributed by atoms with van der Waals surface area (Å²) in [7, 11) is 0. The third kappa shape index (κ3) is 3.37. The number of nitrogen functional groups attached to an aromatic ring is 1. The number of imidazole rings is 1. The van der Waals surface area contributed by atoms with Crippen LogP contribution in [0.25, 0.3) is 11.2 Å². The number of halogens is 1. The van der Waals surface area contributed by atoms with Gasteiger partial charge in [-0.15, -0.1) is 0 Å². The number of rotatable bonds is 2. The lowest BCUT2D eigenvalue weighted by Gasteiger charge is -2.18. The number of carboxylic acids is 1. The van der Waals surface area contributed by atoms with E-state index in [1.165, 1.54) is 35.2 Å². The van der Waals surface area contributed by atoms with Gasteiger partial charge in [0.2, 0.25) is 5.82 Å². The number of hydrogen-bond donors (Lipinski definition) is 4. The van der Waals surface area contributed by atoms with Gasteiger partial charge in [-0.3, -0.25) is 4.79 Å². The van der Waals surface area contributed by atoms with Crippen LogP contribution in [0.5, 0.6) is 0 Å². The van der Waals surface area contributed by atoms with E-state index in [4.69, 9.17) is 5.73 Å². The van der Waals surface area contributed by atoms with Crippen LogP contribution in [0.15, 0.2) is 30.6 Å². The molecule has 0 radical (unpaired) electrons. The molecule has 1 saturated carbocycles. The minimum atomic E-state index is -1.41. The van der Waals surface area contributed by atoms with E-state index in [0.717, 1.165) is 0 Å². The standard InChI is InChI=1S/C19H16FN5O4/c20-10-4-1-9(2-5-10)3-6-13-23-17(21)14-18(24-13)25(8-22-14)12-7-11(19(28)29)15(26)16(12)27/h1-2,4-5,8,11-12,15-16,26-27H,7H2,(H,28,29)(H2,21,23,24)/t11-,12+,15+,16-/m0/s1.